The van der Waals surface area contributed by atoms with Gasteiger partial charge in [0.15, 0.2) is 11.0 Å². The van der Waals surface area contributed by atoms with Gasteiger partial charge in [0, 0.05) is 23.5 Å². The Bertz CT molecular complexity index is 1200. The minimum Gasteiger partial charge on any atom is -0.486 e. The van der Waals surface area contributed by atoms with Crippen molar-refractivity contribution in [2.75, 3.05) is 0 Å². The van der Waals surface area contributed by atoms with Crippen LogP contribution in [0.4, 0.5) is 0 Å². The van der Waals surface area contributed by atoms with E-state index in [9.17, 15) is 9.00 Å². The predicted octanol–water partition coefficient (Wildman–Crippen LogP) is 4.26. The van der Waals surface area contributed by atoms with Crippen molar-refractivity contribution in [2.45, 2.75) is 25.9 Å². The molecule has 5 rings (SSSR count). The maximum Gasteiger partial charge on any atom is 0.257 e. The van der Waals surface area contributed by atoms with Gasteiger partial charge in [-0.05, 0) is 60.2 Å². The van der Waals surface area contributed by atoms with Gasteiger partial charge >= 0.3 is 0 Å². The van der Waals surface area contributed by atoms with Crippen LogP contribution in [0.1, 0.15) is 34.9 Å². The molecule has 1 unspecified atom stereocenters. The lowest BCUT2D eigenvalue weighted by atomic mass is 9.96. The molecular formula is C24H20N2O3S. The van der Waals surface area contributed by atoms with Crippen LogP contribution in [0.15, 0.2) is 66.9 Å². The zero-order valence-corrected chi connectivity index (χ0v) is 17.2. The van der Waals surface area contributed by atoms with Crippen LogP contribution in [0.2, 0.25) is 0 Å². The number of fused-ring (bicyclic) bond motifs is 1. The molecule has 0 fully saturated rings. The smallest absolute Gasteiger partial charge is 0.257 e. The van der Waals surface area contributed by atoms with Gasteiger partial charge in [0.25, 0.3) is 5.91 Å². The molecule has 6 heteroatoms. The summed E-state index contributed by atoms with van der Waals surface area (Å²) in [5.74, 6) is 0.425. The average molecular weight is 417 g/mol. The topological polar surface area (TPSA) is 68.3 Å². The fraction of sp³-hybridized carbons (Fsp3) is 0.167. The lowest BCUT2D eigenvalue weighted by Gasteiger charge is -2.16. The first-order chi connectivity index (χ1) is 14.6. The number of amides is 1. The maximum atomic E-state index is 11.9. The van der Waals surface area contributed by atoms with Crippen molar-refractivity contribution in [3.05, 3.63) is 89.3 Å². The van der Waals surface area contributed by atoms with Gasteiger partial charge in [0.05, 0.1) is 4.91 Å². The first kappa shape index (κ1) is 18.8. The third kappa shape index (κ3) is 3.33. The van der Waals surface area contributed by atoms with Crippen molar-refractivity contribution in [2.24, 2.45) is 0 Å². The molecule has 0 radical (unpaired) electrons. The highest BCUT2D eigenvalue weighted by atomic mass is 32.2. The van der Waals surface area contributed by atoms with E-state index in [1.807, 2.05) is 43.5 Å². The predicted molar refractivity (Wildman–Crippen MR) is 117 cm³/mol. The second-order valence-corrected chi connectivity index (χ2v) is 8.60. The second kappa shape index (κ2) is 7.54. The van der Waals surface area contributed by atoms with Crippen LogP contribution >= 0.6 is 0 Å². The molecule has 5 nitrogen and oxygen atoms in total. The molecular weight excluding hydrogens is 396 g/mol. The number of rotatable bonds is 4. The van der Waals surface area contributed by atoms with Crippen molar-refractivity contribution < 1.29 is 13.7 Å². The summed E-state index contributed by atoms with van der Waals surface area (Å²) >= 11 is 0. The van der Waals surface area contributed by atoms with Crippen molar-refractivity contribution in [3.8, 4) is 16.9 Å². The van der Waals surface area contributed by atoms with Crippen LogP contribution in [-0.4, -0.2) is 15.1 Å². The van der Waals surface area contributed by atoms with E-state index in [0.717, 1.165) is 29.8 Å². The van der Waals surface area contributed by atoms with Crippen LogP contribution in [0, 0.1) is 6.92 Å². The number of hydrogen-bond acceptors (Lipinski definition) is 4. The third-order valence-corrected chi connectivity index (χ3v) is 6.72. The van der Waals surface area contributed by atoms with Crippen molar-refractivity contribution >= 4 is 21.8 Å². The first-order valence-electron chi connectivity index (χ1n) is 9.85. The number of ether oxygens (including phenoxy) is 1. The van der Waals surface area contributed by atoms with Gasteiger partial charge < -0.3 is 4.74 Å². The summed E-state index contributed by atoms with van der Waals surface area (Å²) in [5.41, 5.74) is 6.71. The monoisotopic (exact) mass is 416 g/mol. The first-order valence-corrected chi connectivity index (χ1v) is 11.0. The molecule has 1 aromatic heterocycles. The Hall–Kier alpha value is -3.25. The van der Waals surface area contributed by atoms with E-state index in [4.69, 9.17) is 4.74 Å². The molecule has 0 spiro atoms. The highest BCUT2D eigenvalue weighted by Gasteiger charge is 2.27. The molecule has 2 atom stereocenters. The van der Waals surface area contributed by atoms with Crippen LogP contribution in [-0.2, 0) is 22.2 Å². The van der Waals surface area contributed by atoms with Gasteiger partial charge in [-0.25, -0.2) is 4.21 Å². The molecule has 1 aliphatic heterocycles. The summed E-state index contributed by atoms with van der Waals surface area (Å²) in [7, 11) is -1.49. The van der Waals surface area contributed by atoms with Crippen molar-refractivity contribution in [1.82, 2.24) is 9.71 Å². The number of carbonyl (C=O) groups is 1. The second-order valence-electron chi connectivity index (χ2n) is 7.42. The van der Waals surface area contributed by atoms with Crippen LogP contribution < -0.4 is 9.46 Å². The third-order valence-electron chi connectivity index (χ3n) is 5.59. The molecule has 1 amide bonds. The summed E-state index contributed by atoms with van der Waals surface area (Å²) in [5, 5.41) is 0. The molecule has 0 saturated heterocycles. The maximum absolute atomic E-state index is 11.9. The zero-order valence-electron chi connectivity index (χ0n) is 16.4. The Morgan fingerprint density at radius 1 is 1.07 bits per heavy atom. The fourth-order valence-corrected chi connectivity index (χ4v) is 5.08. The highest BCUT2D eigenvalue weighted by Crippen LogP contribution is 2.40. The average Bonchev–Trinajstić information content (AvgIpc) is 3.31. The number of carbonyl (C=O) groups excluding carboxylic acids is 1. The van der Waals surface area contributed by atoms with Gasteiger partial charge in [0.1, 0.15) is 11.9 Å². The Labute approximate surface area is 177 Å². The summed E-state index contributed by atoms with van der Waals surface area (Å²) < 4.78 is 20.6. The lowest BCUT2D eigenvalue weighted by molar-refractivity contribution is -0.114. The molecule has 1 N–H and O–H groups in total. The van der Waals surface area contributed by atoms with Gasteiger partial charge in [-0.15, -0.1) is 0 Å². The van der Waals surface area contributed by atoms with E-state index < -0.39 is 11.0 Å². The molecule has 2 aliphatic rings. The van der Waals surface area contributed by atoms with E-state index in [1.54, 1.807) is 0 Å². The largest absolute Gasteiger partial charge is 0.486 e. The van der Waals surface area contributed by atoms with E-state index in [2.05, 4.69) is 34.0 Å². The van der Waals surface area contributed by atoms with Crippen molar-refractivity contribution in [3.63, 3.8) is 0 Å². The molecule has 30 heavy (non-hydrogen) atoms. The number of nitrogens with zero attached hydrogens (tertiary/aromatic N) is 1. The quantitative estimate of drug-likeness (QED) is 0.690. The molecule has 1 aliphatic carbocycles. The van der Waals surface area contributed by atoms with Crippen LogP contribution in [0.3, 0.4) is 0 Å². The Kier molecular flexibility index (Phi) is 4.71. The fourth-order valence-electron chi connectivity index (χ4n) is 4.16. The summed E-state index contributed by atoms with van der Waals surface area (Å²) in [4.78, 5) is 16.3. The molecule has 3 aromatic rings. The molecule has 2 heterocycles. The van der Waals surface area contributed by atoms with Gasteiger partial charge in [0.2, 0.25) is 0 Å². The minimum absolute atomic E-state index is 0.00847. The van der Waals surface area contributed by atoms with Crippen LogP contribution in [0.25, 0.3) is 16.0 Å². The van der Waals surface area contributed by atoms with Crippen molar-refractivity contribution in [1.29, 1.82) is 0 Å². The normalized spacial score (nSPS) is 19.9. The Balaban J connectivity index is 1.39. The number of aromatic nitrogens is 1. The number of benzene rings is 2. The summed E-state index contributed by atoms with van der Waals surface area (Å²) in [6.45, 7) is 2.04. The SMILES string of the molecule is Cc1ncccc1-c1cccc2c1CC[C@H]2Oc1ccc(C2=CC(=O)NS2=O)cc1. The number of hydrogen-bond donors (Lipinski definition) is 1. The summed E-state index contributed by atoms with van der Waals surface area (Å²) in [6, 6.07) is 17.9. The molecule has 0 saturated carbocycles. The number of aryl methyl sites for hydroxylation is 1. The number of pyridine rings is 1. The number of nitrogens with one attached hydrogen (secondary N) is 1. The van der Waals surface area contributed by atoms with E-state index in [0.29, 0.717) is 4.91 Å². The standard InChI is InChI=1S/C24H20N2O3S/c1-15-18(6-3-13-25-15)19-4-2-5-21-20(19)11-12-22(21)29-17-9-7-16(8-10-17)23-14-24(27)26-30(23)28/h2-10,13-14,22H,11-12H2,1H3,(H,26,27)/t22-,30?/m1/s1. The van der Waals surface area contributed by atoms with E-state index in [1.165, 1.54) is 28.3 Å². The Morgan fingerprint density at radius 3 is 2.60 bits per heavy atom. The van der Waals surface area contributed by atoms with Gasteiger partial charge in [-0.2, -0.15) is 0 Å². The van der Waals surface area contributed by atoms with E-state index >= 15 is 0 Å². The lowest BCUT2D eigenvalue weighted by Crippen LogP contribution is -2.16. The molecule has 2 aromatic carbocycles. The minimum atomic E-state index is -1.49. The summed E-state index contributed by atoms with van der Waals surface area (Å²) in [6.07, 6.45) is 5.07. The van der Waals surface area contributed by atoms with Crippen LogP contribution in [0.5, 0.6) is 5.75 Å². The van der Waals surface area contributed by atoms with Gasteiger partial charge in [-0.3, -0.25) is 14.5 Å². The molecule has 0 bridgehead atoms. The highest BCUT2D eigenvalue weighted by molar-refractivity contribution is 7.93. The Morgan fingerprint density at radius 2 is 1.87 bits per heavy atom. The van der Waals surface area contributed by atoms with E-state index in [-0.39, 0.29) is 12.0 Å². The van der Waals surface area contributed by atoms with Gasteiger partial charge in [-0.1, -0.05) is 36.4 Å². The molecule has 150 valence electrons. The zero-order chi connectivity index (χ0) is 20.7.